The fourth-order valence-corrected chi connectivity index (χ4v) is 2.42. The molecule has 0 unspecified atom stereocenters. The standard InChI is InChI=1S/C16H14N8O2/c1-17-9-7-23(25)15(11(9)19-3)13(21-5)14(22-6)16-12(20-4)10(18-2)8-24(16)26/h7-8H,1-6H2/q-2/b14-13+. The largest absolute Gasteiger partial charge is 0.805 e. The molecule has 132 valence electrons. The van der Waals surface area contributed by atoms with Crippen LogP contribution in [0.15, 0.2) is 42.3 Å². The molecule has 26 heavy (non-hydrogen) atoms. The van der Waals surface area contributed by atoms with Gasteiger partial charge >= 0.3 is 0 Å². The van der Waals surface area contributed by atoms with Gasteiger partial charge in [-0.3, -0.25) is 30.0 Å². The molecule has 0 saturated heterocycles. The van der Waals surface area contributed by atoms with Crippen molar-refractivity contribution >= 4 is 74.4 Å². The smallest absolute Gasteiger partial charge is 0.116 e. The highest BCUT2D eigenvalue weighted by atomic mass is 16.5. The van der Waals surface area contributed by atoms with Crippen LogP contribution in [-0.2, 0) is 0 Å². The Balaban J connectivity index is 2.97. The normalized spacial score (nSPS) is 11.4. The molecule has 0 bridgehead atoms. The molecule has 10 nitrogen and oxygen atoms in total. The van der Waals surface area contributed by atoms with E-state index in [1.165, 1.54) is 0 Å². The van der Waals surface area contributed by atoms with Gasteiger partial charge in [0.2, 0.25) is 0 Å². The fourth-order valence-electron chi connectivity index (χ4n) is 2.42. The molecule has 0 amide bonds. The van der Waals surface area contributed by atoms with E-state index in [0.717, 1.165) is 12.4 Å². The average Bonchev–Trinajstić information content (AvgIpc) is 3.15. The molecule has 2 aromatic rings. The van der Waals surface area contributed by atoms with Crippen LogP contribution >= 0.6 is 0 Å². The lowest BCUT2D eigenvalue weighted by Crippen LogP contribution is -1.98. The van der Waals surface area contributed by atoms with Gasteiger partial charge in [0.05, 0.1) is 11.4 Å². The van der Waals surface area contributed by atoms with Crippen molar-refractivity contribution in [3.63, 3.8) is 0 Å². The highest BCUT2D eigenvalue weighted by molar-refractivity contribution is 5.99. The summed E-state index contributed by atoms with van der Waals surface area (Å²) in [5.74, 6) is 0. The highest BCUT2D eigenvalue weighted by Crippen LogP contribution is 2.44. The Morgan fingerprint density at radius 1 is 0.654 bits per heavy atom. The molecule has 0 radical (unpaired) electrons. The second-order valence-electron chi connectivity index (χ2n) is 4.72. The van der Waals surface area contributed by atoms with Crippen LogP contribution in [0.25, 0.3) is 11.4 Å². The van der Waals surface area contributed by atoms with Gasteiger partial charge in [0.15, 0.2) is 0 Å². The Morgan fingerprint density at radius 2 is 1.00 bits per heavy atom. The zero-order chi connectivity index (χ0) is 19.4. The molecule has 2 rings (SSSR count). The van der Waals surface area contributed by atoms with Gasteiger partial charge in [0.1, 0.15) is 34.1 Å². The van der Waals surface area contributed by atoms with Gasteiger partial charge < -0.3 is 19.9 Å². The zero-order valence-corrected chi connectivity index (χ0v) is 13.8. The van der Waals surface area contributed by atoms with Crippen LogP contribution in [0.4, 0.5) is 22.7 Å². The minimum Gasteiger partial charge on any atom is -0.805 e. The molecule has 0 aliphatic rings. The van der Waals surface area contributed by atoms with E-state index in [-0.39, 0.29) is 45.5 Å². The Kier molecular flexibility index (Phi) is 5.07. The second kappa shape index (κ2) is 7.21. The monoisotopic (exact) mass is 350 g/mol. The highest BCUT2D eigenvalue weighted by Gasteiger charge is 2.23. The summed E-state index contributed by atoms with van der Waals surface area (Å²) in [6, 6.07) is 0. The lowest BCUT2D eigenvalue weighted by Gasteiger charge is -2.18. The van der Waals surface area contributed by atoms with Gasteiger partial charge in [0, 0.05) is 12.4 Å². The first-order valence-corrected chi connectivity index (χ1v) is 6.90. The van der Waals surface area contributed by atoms with E-state index in [1.54, 1.807) is 0 Å². The Hall–Kier alpha value is -4.08. The fraction of sp³-hybridized carbons (Fsp3) is 0. The number of hydrogen-bond donors (Lipinski definition) is 0. The van der Waals surface area contributed by atoms with Crippen LogP contribution < -0.4 is 0 Å². The van der Waals surface area contributed by atoms with Gasteiger partial charge in [-0.05, 0) is 40.3 Å². The van der Waals surface area contributed by atoms with Crippen LogP contribution in [0.2, 0.25) is 0 Å². The first kappa shape index (κ1) is 18.3. The third-order valence-electron chi connectivity index (χ3n) is 3.50. The summed E-state index contributed by atoms with van der Waals surface area (Å²) in [5, 5.41) is 24.7. The van der Waals surface area contributed by atoms with E-state index in [4.69, 9.17) is 0 Å². The van der Waals surface area contributed by atoms with Gasteiger partial charge in [-0.2, -0.15) is 0 Å². The Bertz CT molecular complexity index is 899. The number of rotatable bonds is 8. The SMILES string of the molecule is C=N/C(=C(/N=C)c1c(N=C)c(N=C)cn1[O-])c1c(N=C)c(N=C)cn1[O-]. The van der Waals surface area contributed by atoms with Crippen molar-refractivity contribution in [1.29, 1.82) is 0 Å². The number of aromatic nitrogens is 2. The molecule has 0 atom stereocenters. The molecular weight excluding hydrogens is 336 g/mol. The topological polar surface area (TPSA) is 130 Å². The molecule has 0 aliphatic carbocycles. The van der Waals surface area contributed by atoms with Crippen molar-refractivity contribution in [3.8, 4) is 0 Å². The lowest BCUT2D eigenvalue weighted by molar-refractivity contribution is 1.05. The first-order chi connectivity index (χ1) is 12.5. The van der Waals surface area contributed by atoms with Gasteiger partial charge in [-0.15, -0.1) is 0 Å². The zero-order valence-electron chi connectivity index (χ0n) is 13.8. The van der Waals surface area contributed by atoms with E-state index >= 15 is 0 Å². The minimum atomic E-state index is -0.0667. The molecule has 0 aliphatic heterocycles. The predicted octanol–water partition coefficient (Wildman–Crippen LogP) is 3.54. The number of hydrogen-bond acceptors (Lipinski definition) is 8. The number of nitrogens with zero attached hydrogens (tertiary/aromatic N) is 8. The quantitative estimate of drug-likeness (QED) is 0.674. The third kappa shape index (κ3) is 2.65. The van der Waals surface area contributed by atoms with Crippen molar-refractivity contribution < 1.29 is 0 Å². The van der Waals surface area contributed by atoms with Gasteiger partial charge in [0.25, 0.3) is 0 Å². The van der Waals surface area contributed by atoms with Crippen LogP contribution in [0.1, 0.15) is 11.4 Å². The van der Waals surface area contributed by atoms with Gasteiger partial charge in [-0.1, -0.05) is 0 Å². The Labute approximate surface area is 148 Å². The summed E-state index contributed by atoms with van der Waals surface area (Å²) in [7, 11) is 0. The summed E-state index contributed by atoms with van der Waals surface area (Å²) < 4.78 is 0.907. The summed E-state index contributed by atoms with van der Waals surface area (Å²) in [5.41, 5.74) is 0.319. The van der Waals surface area contributed by atoms with Crippen molar-refractivity contribution in [2.24, 2.45) is 30.0 Å². The summed E-state index contributed by atoms with van der Waals surface area (Å²) in [6.07, 6.45) is 2.27. The van der Waals surface area contributed by atoms with Crippen LogP contribution in [0.5, 0.6) is 0 Å². The molecule has 2 aromatic heterocycles. The predicted molar refractivity (Wildman–Crippen MR) is 109 cm³/mol. The average molecular weight is 350 g/mol. The maximum Gasteiger partial charge on any atom is 0.116 e. The first-order valence-electron chi connectivity index (χ1n) is 6.90. The molecular formula is C16H14N8O2-2. The molecule has 0 aromatic carbocycles. The van der Waals surface area contributed by atoms with E-state index in [1.807, 2.05) is 0 Å². The maximum absolute atomic E-state index is 12.3. The second-order valence-corrected chi connectivity index (χ2v) is 4.72. The van der Waals surface area contributed by atoms with Crippen molar-refractivity contribution in [2.45, 2.75) is 0 Å². The molecule has 0 saturated carbocycles. The summed E-state index contributed by atoms with van der Waals surface area (Å²) in [6.45, 7) is 20.5. The third-order valence-corrected chi connectivity index (χ3v) is 3.50. The number of aliphatic imine (C=N–C) groups is 6. The summed E-state index contributed by atoms with van der Waals surface area (Å²) >= 11 is 0. The van der Waals surface area contributed by atoms with Crippen molar-refractivity contribution in [2.75, 3.05) is 0 Å². The van der Waals surface area contributed by atoms with Crippen LogP contribution in [-0.4, -0.2) is 49.8 Å². The minimum absolute atomic E-state index is 0.0656. The van der Waals surface area contributed by atoms with Crippen molar-refractivity contribution in [3.05, 3.63) is 34.2 Å². The molecule has 0 N–H and O–H groups in total. The van der Waals surface area contributed by atoms with E-state index in [0.29, 0.717) is 9.46 Å². The maximum atomic E-state index is 12.3. The molecule has 2 heterocycles. The van der Waals surface area contributed by atoms with E-state index in [2.05, 4.69) is 70.3 Å². The molecule has 10 heteroatoms. The van der Waals surface area contributed by atoms with Gasteiger partial charge in [-0.25, -0.2) is 0 Å². The van der Waals surface area contributed by atoms with E-state index in [9.17, 15) is 10.4 Å². The Morgan fingerprint density at radius 3 is 1.23 bits per heavy atom. The van der Waals surface area contributed by atoms with E-state index < -0.39 is 0 Å². The summed E-state index contributed by atoms with van der Waals surface area (Å²) in [4.78, 5) is 22.7. The van der Waals surface area contributed by atoms with Crippen molar-refractivity contribution in [1.82, 2.24) is 9.46 Å². The van der Waals surface area contributed by atoms with Crippen LogP contribution in [0.3, 0.4) is 0 Å². The van der Waals surface area contributed by atoms with Crippen LogP contribution in [0, 0.1) is 10.4 Å². The molecule has 0 spiro atoms. The molecule has 0 fully saturated rings. The lowest BCUT2D eigenvalue weighted by atomic mass is 10.1.